The van der Waals surface area contributed by atoms with Crippen LogP contribution >= 0.6 is 0 Å². The summed E-state index contributed by atoms with van der Waals surface area (Å²) in [6, 6.07) is 0. The Morgan fingerprint density at radius 3 is 1.90 bits per heavy atom. The van der Waals surface area contributed by atoms with Crippen LogP contribution in [0.15, 0.2) is 12.7 Å². The molecule has 1 N–H and O–H groups in total. The van der Waals surface area contributed by atoms with E-state index < -0.39 is 17.8 Å². The lowest BCUT2D eigenvalue weighted by molar-refractivity contribution is -0.164. The van der Waals surface area contributed by atoms with Crippen LogP contribution in [0.5, 0.6) is 0 Å². The average molecular weight is 591 g/mol. The van der Waals surface area contributed by atoms with Gasteiger partial charge >= 0.3 is 11.9 Å². The molecule has 0 amide bonds. The summed E-state index contributed by atoms with van der Waals surface area (Å²) in [5.41, 5.74) is 0. The van der Waals surface area contributed by atoms with E-state index in [4.69, 9.17) is 14.2 Å². The Kier molecular flexibility index (Phi) is 17.2. The molecule has 7 unspecified atom stereocenters. The third-order valence-corrected chi connectivity index (χ3v) is 9.79. The monoisotopic (exact) mass is 590 g/mol. The summed E-state index contributed by atoms with van der Waals surface area (Å²) in [5.74, 6) is -2.25. The molecule has 0 aromatic rings. The minimum Gasteiger partial charge on any atom is -0.481 e. The van der Waals surface area contributed by atoms with Gasteiger partial charge in [-0.25, -0.2) is 0 Å². The number of hydrogen-bond donors (Lipinski definition) is 1. The standard InChI is InChI=1S/C36H62O6/c1-3-5-7-8-14-18-26-33-34(42-33)27-28(40-36(39)30-23-20-19-22-29(30)35(37)38)21-16-13-11-9-10-12-15-17-25-32-31(41-32)24-6-4-2/h3,28-34H,1,4-27H2,2H3,(H,37,38). The SMILES string of the molecule is C=CCCCCCCC1OC1CC(CCCCCCCCCCC1OC1CCCC)OC(=O)C1CCCCC1C(=O)O. The van der Waals surface area contributed by atoms with Crippen LogP contribution in [-0.4, -0.2) is 47.6 Å². The van der Waals surface area contributed by atoms with Gasteiger partial charge in [0.05, 0.1) is 36.3 Å². The van der Waals surface area contributed by atoms with Gasteiger partial charge in [-0.2, -0.15) is 0 Å². The van der Waals surface area contributed by atoms with Crippen molar-refractivity contribution in [2.75, 3.05) is 0 Å². The average Bonchev–Trinajstić information content (AvgIpc) is 3.91. The molecule has 3 aliphatic rings. The van der Waals surface area contributed by atoms with E-state index in [-0.39, 0.29) is 18.2 Å². The molecule has 2 aliphatic heterocycles. The molecular formula is C36H62O6. The van der Waals surface area contributed by atoms with Crippen molar-refractivity contribution in [2.24, 2.45) is 11.8 Å². The zero-order valence-corrected chi connectivity index (χ0v) is 26.8. The minimum atomic E-state index is -0.857. The third kappa shape index (κ3) is 13.9. The number of rotatable bonds is 26. The van der Waals surface area contributed by atoms with E-state index in [2.05, 4.69) is 13.5 Å². The van der Waals surface area contributed by atoms with E-state index in [1.807, 2.05) is 6.08 Å². The first kappa shape index (κ1) is 35.1. The van der Waals surface area contributed by atoms with Gasteiger partial charge in [0, 0.05) is 6.42 Å². The van der Waals surface area contributed by atoms with Crippen LogP contribution in [0.4, 0.5) is 0 Å². The Morgan fingerprint density at radius 1 is 0.762 bits per heavy atom. The molecule has 242 valence electrons. The van der Waals surface area contributed by atoms with Gasteiger partial charge in [0.1, 0.15) is 6.10 Å². The summed E-state index contributed by atoms with van der Waals surface area (Å²) in [5, 5.41) is 9.65. The third-order valence-electron chi connectivity index (χ3n) is 9.79. The van der Waals surface area contributed by atoms with Crippen LogP contribution in [0.25, 0.3) is 0 Å². The zero-order chi connectivity index (χ0) is 30.0. The predicted molar refractivity (Wildman–Crippen MR) is 168 cm³/mol. The maximum Gasteiger partial charge on any atom is 0.310 e. The van der Waals surface area contributed by atoms with Crippen molar-refractivity contribution < 1.29 is 28.9 Å². The number of epoxide rings is 2. The van der Waals surface area contributed by atoms with Crippen LogP contribution in [-0.2, 0) is 23.8 Å². The molecule has 2 heterocycles. The molecule has 1 aliphatic carbocycles. The highest BCUT2D eigenvalue weighted by Crippen LogP contribution is 2.36. The fourth-order valence-electron chi connectivity index (χ4n) is 6.94. The van der Waals surface area contributed by atoms with Gasteiger partial charge < -0.3 is 19.3 Å². The van der Waals surface area contributed by atoms with Crippen molar-refractivity contribution in [3.8, 4) is 0 Å². The molecule has 7 atom stereocenters. The summed E-state index contributed by atoms with van der Waals surface area (Å²) in [7, 11) is 0. The van der Waals surface area contributed by atoms with Crippen molar-refractivity contribution in [1.82, 2.24) is 0 Å². The number of carbonyl (C=O) groups excluding carboxylic acids is 1. The van der Waals surface area contributed by atoms with E-state index in [9.17, 15) is 14.7 Å². The van der Waals surface area contributed by atoms with Gasteiger partial charge in [-0.1, -0.05) is 103 Å². The summed E-state index contributed by atoms with van der Waals surface area (Å²) in [6.45, 7) is 6.04. The highest BCUT2D eigenvalue weighted by Gasteiger charge is 2.42. The van der Waals surface area contributed by atoms with Crippen molar-refractivity contribution in [2.45, 2.75) is 192 Å². The number of aliphatic carboxylic acids is 1. The molecule has 3 fully saturated rings. The Bertz CT molecular complexity index is 768. The number of hydrogen-bond acceptors (Lipinski definition) is 5. The molecule has 2 saturated heterocycles. The second kappa shape index (κ2) is 20.5. The number of esters is 1. The molecule has 0 aromatic carbocycles. The lowest BCUT2D eigenvalue weighted by Gasteiger charge is -2.28. The summed E-state index contributed by atoms with van der Waals surface area (Å²) in [4.78, 5) is 24.9. The number of allylic oxidation sites excluding steroid dienone is 1. The first-order valence-corrected chi connectivity index (χ1v) is 17.9. The second-order valence-electron chi connectivity index (χ2n) is 13.4. The maximum atomic E-state index is 13.1. The van der Waals surface area contributed by atoms with E-state index in [1.54, 1.807) is 0 Å². The van der Waals surface area contributed by atoms with Crippen molar-refractivity contribution >= 4 is 11.9 Å². The van der Waals surface area contributed by atoms with Crippen LogP contribution < -0.4 is 0 Å². The first-order chi connectivity index (χ1) is 20.5. The number of carboxylic acids is 1. The lowest BCUT2D eigenvalue weighted by atomic mass is 9.79. The second-order valence-corrected chi connectivity index (χ2v) is 13.4. The molecule has 42 heavy (non-hydrogen) atoms. The Hall–Kier alpha value is -1.40. The topological polar surface area (TPSA) is 88.7 Å². The quantitative estimate of drug-likeness (QED) is 0.0467. The number of unbranched alkanes of at least 4 members (excludes halogenated alkanes) is 12. The van der Waals surface area contributed by atoms with E-state index >= 15 is 0 Å². The Labute approximate surface area is 256 Å². The van der Waals surface area contributed by atoms with E-state index in [0.29, 0.717) is 31.2 Å². The van der Waals surface area contributed by atoms with Crippen molar-refractivity contribution in [3.05, 3.63) is 12.7 Å². The van der Waals surface area contributed by atoms with Crippen molar-refractivity contribution in [3.63, 3.8) is 0 Å². The van der Waals surface area contributed by atoms with Gasteiger partial charge in [-0.15, -0.1) is 6.58 Å². The molecule has 3 rings (SSSR count). The lowest BCUT2D eigenvalue weighted by Crippen LogP contribution is -2.36. The van der Waals surface area contributed by atoms with Crippen LogP contribution in [0.3, 0.4) is 0 Å². The van der Waals surface area contributed by atoms with E-state index in [1.165, 1.54) is 89.9 Å². The summed E-state index contributed by atoms with van der Waals surface area (Å²) < 4.78 is 17.8. The highest BCUT2D eigenvalue weighted by atomic mass is 16.6. The first-order valence-electron chi connectivity index (χ1n) is 17.9. The van der Waals surface area contributed by atoms with Gasteiger partial charge in [0.15, 0.2) is 0 Å². The van der Waals surface area contributed by atoms with Gasteiger partial charge in [-0.3, -0.25) is 9.59 Å². The Morgan fingerprint density at radius 2 is 1.29 bits per heavy atom. The fraction of sp³-hybridized carbons (Fsp3) is 0.889. The van der Waals surface area contributed by atoms with E-state index in [0.717, 1.165) is 51.4 Å². The molecule has 0 aromatic heterocycles. The van der Waals surface area contributed by atoms with Crippen LogP contribution in [0.2, 0.25) is 0 Å². The van der Waals surface area contributed by atoms with Gasteiger partial charge in [0.25, 0.3) is 0 Å². The van der Waals surface area contributed by atoms with Crippen LogP contribution in [0, 0.1) is 11.8 Å². The van der Waals surface area contributed by atoms with Crippen LogP contribution in [0.1, 0.15) is 161 Å². The number of carboxylic acid groups (broad SMARTS) is 1. The molecule has 6 heteroatoms. The summed E-state index contributed by atoms with van der Waals surface area (Å²) >= 11 is 0. The zero-order valence-electron chi connectivity index (χ0n) is 26.8. The Balaban J connectivity index is 1.30. The fourth-order valence-corrected chi connectivity index (χ4v) is 6.94. The molecule has 6 nitrogen and oxygen atoms in total. The highest BCUT2D eigenvalue weighted by molar-refractivity contribution is 5.81. The number of carbonyl (C=O) groups is 2. The molecular weight excluding hydrogens is 528 g/mol. The maximum absolute atomic E-state index is 13.1. The molecule has 0 spiro atoms. The largest absolute Gasteiger partial charge is 0.481 e. The molecule has 0 bridgehead atoms. The molecule has 0 radical (unpaired) electrons. The predicted octanol–water partition coefficient (Wildman–Crippen LogP) is 9.33. The van der Waals surface area contributed by atoms with Gasteiger partial charge in [0.2, 0.25) is 0 Å². The summed E-state index contributed by atoms with van der Waals surface area (Å²) in [6.07, 6.45) is 30.0. The minimum absolute atomic E-state index is 0.165. The number of ether oxygens (including phenoxy) is 3. The van der Waals surface area contributed by atoms with Gasteiger partial charge in [-0.05, 0) is 57.8 Å². The molecule has 1 saturated carbocycles. The smallest absolute Gasteiger partial charge is 0.310 e. The van der Waals surface area contributed by atoms with Crippen molar-refractivity contribution in [1.29, 1.82) is 0 Å². The normalized spacial score (nSPS) is 27.4.